The molecule has 0 amide bonds. The third-order valence-electron chi connectivity index (χ3n) is 6.45. The summed E-state index contributed by atoms with van der Waals surface area (Å²) in [5.74, 6) is 0.00557. The van der Waals surface area contributed by atoms with Crippen LogP contribution in [0.4, 0.5) is 13.2 Å². The van der Waals surface area contributed by atoms with Crippen LogP contribution in [-0.2, 0) is 28.9 Å². The molecule has 13 heteroatoms. The Bertz CT molecular complexity index is 1510. The normalized spacial score (nSPS) is 12.0. The van der Waals surface area contributed by atoms with Gasteiger partial charge < -0.3 is 4.74 Å². The minimum absolute atomic E-state index is 0.0708. The van der Waals surface area contributed by atoms with Crippen molar-refractivity contribution in [2.75, 3.05) is 13.2 Å². The fraction of sp³-hybridized carbons (Fsp3) is 0.414. The van der Waals surface area contributed by atoms with Gasteiger partial charge in [0.15, 0.2) is 6.61 Å². The third-order valence-corrected chi connectivity index (χ3v) is 10.9. The predicted octanol–water partition coefficient (Wildman–Crippen LogP) is 5.93. The van der Waals surface area contributed by atoms with E-state index in [1.54, 1.807) is 6.92 Å². The summed E-state index contributed by atoms with van der Waals surface area (Å²) in [5, 5.41) is 16.8. The van der Waals surface area contributed by atoms with E-state index in [-0.39, 0.29) is 18.9 Å². The van der Waals surface area contributed by atoms with Gasteiger partial charge in [-0.15, -0.1) is 0 Å². The zero-order valence-electron chi connectivity index (χ0n) is 24.4. The van der Waals surface area contributed by atoms with Gasteiger partial charge in [-0.3, -0.25) is 0 Å². The van der Waals surface area contributed by atoms with Crippen LogP contribution in [-0.4, -0.2) is 72.2 Å². The first kappa shape index (κ1) is 31.5. The number of tetrazole rings is 1. The molecule has 2 aromatic heterocycles. The van der Waals surface area contributed by atoms with Crippen LogP contribution in [0.3, 0.4) is 0 Å². The molecule has 2 heterocycles. The van der Waals surface area contributed by atoms with Crippen LogP contribution >= 0.6 is 0 Å². The molecule has 0 fully saturated rings. The fourth-order valence-electron chi connectivity index (χ4n) is 4.66. The Labute approximate surface area is 247 Å². The maximum atomic E-state index is 13.4. The molecule has 0 spiro atoms. The number of alkyl halides is 3. The average molecular weight is 691 g/mol. The standard InChI is InChI=1S/C26H26F3N6O3.3CH3.Sn/c1-3-7-22-21(25(38-15-23(36)37-4-2)35(32-22)16-26(27,28)29)14-17-10-12-18(13-11-17)19-8-5-6-9-20(19)24-30-33-34-31-24;;;;/h5-6,8-13H,3-4,7,14-16H2,1-2H3;3*1H3;/q-1;;;;+1. The molecule has 0 N–H and O–H groups in total. The number of aryl methyl sites for hydroxylation is 1. The first-order valence-electron chi connectivity index (χ1n) is 13.8. The molecule has 0 bridgehead atoms. The van der Waals surface area contributed by atoms with Crippen molar-refractivity contribution < 1.29 is 27.4 Å². The second-order valence-corrected chi connectivity index (χ2v) is 24.5. The number of nitrogens with zero attached hydrogens (tertiary/aromatic N) is 6. The first-order chi connectivity index (χ1) is 19.9. The molecular formula is C29H35F3N6O3Sn. The summed E-state index contributed by atoms with van der Waals surface area (Å²) in [6, 6.07) is 15.7. The molecule has 0 unspecified atom stereocenters. The Morgan fingerprint density at radius 1 is 1.00 bits per heavy atom. The van der Waals surface area contributed by atoms with E-state index in [0.29, 0.717) is 24.1 Å². The molecule has 0 saturated carbocycles. The van der Waals surface area contributed by atoms with Crippen molar-refractivity contribution in [3.8, 4) is 28.4 Å². The number of ether oxygens (including phenoxy) is 2. The molecule has 0 aliphatic carbocycles. The van der Waals surface area contributed by atoms with Gasteiger partial charge in [-0.1, -0.05) is 13.3 Å². The zero-order chi connectivity index (χ0) is 30.5. The van der Waals surface area contributed by atoms with Crippen LogP contribution in [0.2, 0.25) is 14.8 Å². The van der Waals surface area contributed by atoms with Gasteiger partial charge >= 0.3 is 185 Å². The summed E-state index contributed by atoms with van der Waals surface area (Å²) in [5.41, 5.74) is 4.74. The molecule has 0 atom stereocenters. The predicted molar refractivity (Wildman–Crippen MR) is 155 cm³/mol. The summed E-state index contributed by atoms with van der Waals surface area (Å²) in [6.07, 6.45) is -3.08. The summed E-state index contributed by atoms with van der Waals surface area (Å²) in [7, 11) is 0. The molecule has 0 saturated heterocycles. The van der Waals surface area contributed by atoms with Crippen molar-refractivity contribution in [3.63, 3.8) is 0 Å². The van der Waals surface area contributed by atoms with Crippen LogP contribution in [0.5, 0.6) is 5.88 Å². The molecule has 2 aromatic carbocycles. The molecule has 9 nitrogen and oxygen atoms in total. The van der Waals surface area contributed by atoms with Gasteiger partial charge in [0, 0.05) is 0 Å². The molecule has 4 rings (SSSR count). The Balaban J connectivity index is 1.68. The summed E-state index contributed by atoms with van der Waals surface area (Å²) >= 11 is -2.67. The SMILES string of the molecule is CCCc1nn(CC(F)(F)F)c(OCC(=O)OCC)c1Cc1ccc(-c2ccccc2-c2nnn[n]2[Sn]([CH3])([CH3])[CH3])cc1. The van der Waals surface area contributed by atoms with Crippen LogP contribution in [0.15, 0.2) is 48.5 Å². The summed E-state index contributed by atoms with van der Waals surface area (Å²) < 4.78 is 53.5. The Morgan fingerprint density at radius 3 is 2.31 bits per heavy atom. The van der Waals surface area contributed by atoms with Gasteiger partial charge in [-0.25, -0.2) is 4.79 Å². The number of aromatic nitrogens is 6. The van der Waals surface area contributed by atoms with Crippen molar-refractivity contribution in [1.82, 2.24) is 28.2 Å². The molecule has 0 aliphatic heterocycles. The van der Waals surface area contributed by atoms with Crippen molar-refractivity contribution in [2.24, 2.45) is 0 Å². The Hall–Kier alpha value is -3.42. The monoisotopic (exact) mass is 692 g/mol. The number of carbonyl (C=O) groups excluding carboxylic acids is 1. The number of hydrogen-bond donors (Lipinski definition) is 0. The van der Waals surface area contributed by atoms with Gasteiger partial charge in [0.05, 0.1) is 6.61 Å². The zero-order valence-corrected chi connectivity index (χ0v) is 27.3. The third kappa shape index (κ3) is 7.69. The van der Waals surface area contributed by atoms with Crippen molar-refractivity contribution in [2.45, 2.75) is 60.6 Å². The van der Waals surface area contributed by atoms with Crippen LogP contribution in [0.25, 0.3) is 22.5 Å². The van der Waals surface area contributed by atoms with Crippen LogP contribution < -0.4 is 4.74 Å². The topological polar surface area (TPSA) is 97.0 Å². The van der Waals surface area contributed by atoms with Crippen molar-refractivity contribution >= 4 is 24.6 Å². The van der Waals surface area contributed by atoms with E-state index in [0.717, 1.165) is 32.8 Å². The van der Waals surface area contributed by atoms with Gasteiger partial charge in [-0.05, 0) is 6.92 Å². The van der Waals surface area contributed by atoms with Crippen LogP contribution in [0, 0.1) is 0 Å². The number of benzene rings is 2. The van der Waals surface area contributed by atoms with Gasteiger partial charge in [0.25, 0.3) is 0 Å². The quantitative estimate of drug-likeness (QED) is 0.134. The van der Waals surface area contributed by atoms with E-state index < -0.39 is 43.9 Å². The number of hydrogen-bond acceptors (Lipinski definition) is 7. The second kappa shape index (κ2) is 13.3. The molecule has 0 radical (unpaired) electrons. The van der Waals surface area contributed by atoms with Crippen molar-refractivity contribution in [1.29, 1.82) is 0 Å². The van der Waals surface area contributed by atoms with Crippen molar-refractivity contribution in [3.05, 3.63) is 65.4 Å². The van der Waals surface area contributed by atoms with Gasteiger partial charge in [0.2, 0.25) is 0 Å². The van der Waals surface area contributed by atoms with E-state index in [4.69, 9.17) is 9.47 Å². The molecule has 4 aromatic rings. The molecule has 0 aliphatic rings. The molecular weight excluding hydrogens is 656 g/mol. The van der Waals surface area contributed by atoms with E-state index >= 15 is 0 Å². The second-order valence-electron chi connectivity index (χ2n) is 10.9. The van der Waals surface area contributed by atoms with Gasteiger partial charge in [-0.2, -0.15) is 13.2 Å². The summed E-state index contributed by atoms with van der Waals surface area (Å²) in [4.78, 5) is 18.7. The minimum atomic E-state index is -4.51. The number of esters is 1. The molecule has 42 heavy (non-hydrogen) atoms. The Morgan fingerprint density at radius 2 is 1.69 bits per heavy atom. The van der Waals surface area contributed by atoms with E-state index in [1.807, 2.05) is 58.4 Å². The Kier molecular flexibility index (Phi) is 9.95. The summed E-state index contributed by atoms with van der Waals surface area (Å²) in [6.45, 7) is 1.88. The molecule has 224 valence electrons. The number of carbonyl (C=O) groups is 1. The first-order valence-corrected chi connectivity index (χ1v) is 23.7. The van der Waals surface area contributed by atoms with E-state index in [2.05, 4.69) is 35.4 Å². The average Bonchev–Trinajstić information content (AvgIpc) is 3.53. The van der Waals surface area contributed by atoms with Crippen LogP contribution in [0.1, 0.15) is 37.1 Å². The maximum absolute atomic E-state index is 13.4. The van der Waals surface area contributed by atoms with Gasteiger partial charge in [0.1, 0.15) is 6.54 Å². The number of rotatable bonds is 12. The van der Waals surface area contributed by atoms with E-state index in [9.17, 15) is 18.0 Å². The number of halogens is 3. The van der Waals surface area contributed by atoms with E-state index in [1.165, 1.54) is 0 Å². The fourth-order valence-corrected chi connectivity index (χ4v) is 7.82.